The van der Waals surface area contributed by atoms with Gasteiger partial charge in [0.2, 0.25) is 0 Å². The number of amides is 1. The van der Waals surface area contributed by atoms with Gasteiger partial charge in [-0.15, -0.1) is 0 Å². The van der Waals surface area contributed by atoms with Gasteiger partial charge in [-0.25, -0.2) is 4.79 Å². The van der Waals surface area contributed by atoms with E-state index in [4.69, 9.17) is 0 Å². The Hall–Kier alpha value is -2.43. The molecule has 1 aromatic rings. The number of aryl methyl sites for hydroxylation is 1. The summed E-state index contributed by atoms with van der Waals surface area (Å²) in [6.45, 7) is 9.88. The Morgan fingerprint density at radius 2 is 1.97 bits per heavy atom. The molecule has 0 saturated heterocycles. The van der Waals surface area contributed by atoms with Gasteiger partial charge in [-0.2, -0.15) is 0 Å². The first-order valence-corrected chi connectivity index (χ1v) is 11.8. The number of thioether (sulfide) groups is 1. The molecule has 0 aromatic heterocycles. The molecule has 0 fully saturated rings. The number of carbonyl (C=O) groups excluding carboxylic acids is 1. The highest BCUT2D eigenvalue weighted by Gasteiger charge is 2.35. The molecule has 6 nitrogen and oxygen atoms in total. The third-order valence-corrected chi connectivity index (χ3v) is 6.18. The summed E-state index contributed by atoms with van der Waals surface area (Å²) in [7, 11) is 0. The van der Waals surface area contributed by atoms with E-state index in [0.717, 1.165) is 23.7 Å². The van der Waals surface area contributed by atoms with E-state index >= 15 is 0 Å². The second-order valence-electron chi connectivity index (χ2n) is 9.12. The summed E-state index contributed by atoms with van der Waals surface area (Å²) in [6.07, 6.45) is 1.42. The largest absolute Gasteiger partial charge is 0.507 e. The van der Waals surface area contributed by atoms with Crippen LogP contribution in [-0.2, 0) is 4.79 Å². The third kappa shape index (κ3) is 7.04. The van der Waals surface area contributed by atoms with Crippen molar-refractivity contribution in [3.63, 3.8) is 0 Å². The first kappa shape index (κ1) is 25.8. The Balaban J connectivity index is 2.43. The van der Waals surface area contributed by atoms with Gasteiger partial charge in [0.05, 0.1) is 16.9 Å². The molecule has 1 aliphatic rings. The van der Waals surface area contributed by atoms with E-state index in [2.05, 4.69) is 11.8 Å². The predicted molar refractivity (Wildman–Crippen MR) is 127 cm³/mol. The first-order valence-electron chi connectivity index (χ1n) is 10.9. The van der Waals surface area contributed by atoms with Crippen LogP contribution in [0.1, 0.15) is 69.3 Å². The lowest BCUT2D eigenvalue weighted by molar-refractivity contribution is -0.131. The maximum absolute atomic E-state index is 13.4. The average Bonchev–Trinajstić information content (AvgIpc) is 3.10. The first-order chi connectivity index (χ1) is 14.9. The van der Waals surface area contributed by atoms with E-state index in [-0.39, 0.29) is 33.4 Å². The topological polar surface area (TPSA) is 98.1 Å². The molecule has 1 aromatic carbocycles. The Kier molecular flexibility index (Phi) is 8.82. The number of hydrogen-bond acceptors (Lipinski definition) is 5. The number of allylic oxidation sites excluding steroid dienone is 1. The Morgan fingerprint density at radius 1 is 1.28 bits per heavy atom. The van der Waals surface area contributed by atoms with Crippen LogP contribution in [0.25, 0.3) is 0 Å². The molecule has 0 radical (unpaired) electrons. The lowest BCUT2D eigenvalue weighted by Crippen LogP contribution is -2.34. The quantitative estimate of drug-likeness (QED) is 0.494. The van der Waals surface area contributed by atoms with Crippen molar-refractivity contribution in [2.45, 2.75) is 71.7 Å². The summed E-state index contributed by atoms with van der Waals surface area (Å²) in [5.74, 6) is 4.56. The number of carboxylic acids is 1. The summed E-state index contributed by atoms with van der Waals surface area (Å²) in [6, 6.07) is 4.78. The van der Waals surface area contributed by atoms with Gasteiger partial charge < -0.3 is 20.2 Å². The average molecular weight is 460 g/mol. The van der Waals surface area contributed by atoms with Crippen molar-refractivity contribution in [1.82, 2.24) is 4.90 Å². The maximum Gasteiger partial charge on any atom is 0.344 e. The number of rotatable bonds is 8. The number of hydrogen-bond donors (Lipinski definition) is 3. The van der Waals surface area contributed by atoms with Gasteiger partial charge in [-0.05, 0) is 58.2 Å². The van der Waals surface area contributed by atoms with Crippen molar-refractivity contribution < 1.29 is 24.9 Å². The van der Waals surface area contributed by atoms with E-state index in [0.29, 0.717) is 25.0 Å². The predicted octanol–water partition coefficient (Wildman–Crippen LogP) is 4.55. The van der Waals surface area contributed by atoms with Gasteiger partial charge in [-0.1, -0.05) is 43.0 Å². The SMILES string of the molecule is CCCC(O)CCN(C(=O)c1ccc(C)cc1O)C1=C(C(=O)O)SC(C#CC(C)(C)C)C1. The summed E-state index contributed by atoms with van der Waals surface area (Å²) >= 11 is 1.15. The molecule has 3 N–H and O–H groups in total. The van der Waals surface area contributed by atoms with E-state index in [1.807, 2.05) is 34.6 Å². The number of carbonyl (C=O) groups is 2. The molecule has 32 heavy (non-hydrogen) atoms. The lowest BCUT2D eigenvalue weighted by Gasteiger charge is -2.26. The molecule has 2 unspecified atom stereocenters. The minimum Gasteiger partial charge on any atom is -0.507 e. The van der Waals surface area contributed by atoms with Crippen LogP contribution in [0.3, 0.4) is 0 Å². The smallest absolute Gasteiger partial charge is 0.344 e. The Morgan fingerprint density at radius 3 is 2.53 bits per heavy atom. The normalized spacial score (nSPS) is 17.0. The second-order valence-corrected chi connectivity index (χ2v) is 10.3. The fourth-order valence-electron chi connectivity index (χ4n) is 3.39. The van der Waals surface area contributed by atoms with E-state index in [9.17, 15) is 24.9 Å². The molecular formula is C25H33NO5S. The highest BCUT2D eigenvalue weighted by Crippen LogP contribution is 2.40. The number of aliphatic hydroxyl groups is 1. The molecule has 0 bridgehead atoms. The van der Waals surface area contributed by atoms with Crippen molar-refractivity contribution in [2.24, 2.45) is 5.41 Å². The molecule has 2 atom stereocenters. The van der Waals surface area contributed by atoms with Gasteiger partial charge in [0, 0.05) is 24.1 Å². The summed E-state index contributed by atoms with van der Waals surface area (Å²) < 4.78 is 0. The molecule has 7 heteroatoms. The van der Waals surface area contributed by atoms with Crippen LogP contribution in [0.2, 0.25) is 0 Å². The zero-order valence-corrected chi connectivity index (χ0v) is 20.3. The minimum absolute atomic E-state index is 0.0862. The number of aliphatic carboxylic acids is 1. The van der Waals surface area contributed by atoms with Crippen molar-refractivity contribution in [1.29, 1.82) is 0 Å². The van der Waals surface area contributed by atoms with Gasteiger partial charge in [0.25, 0.3) is 5.91 Å². The van der Waals surface area contributed by atoms with Gasteiger partial charge in [0.1, 0.15) is 10.7 Å². The molecule has 1 heterocycles. The van der Waals surface area contributed by atoms with Crippen LogP contribution >= 0.6 is 11.8 Å². The number of aliphatic hydroxyl groups excluding tert-OH is 1. The summed E-state index contributed by atoms with van der Waals surface area (Å²) in [5.41, 5.74) is 1.07. The summed E-state index contributed by atoms with van der Waals surface area (Å²) in [4.78, 5) is 26.9. The number of nitrogens with zero attached hydrogens (tertiary/aromatic N) is 1. The van der Waals surface area contributed by atoms with E-state index in [1.165, 1.54) is 11.0 Å². The van der Waals surface area contributed by atoms with E-state index in [1.54, 1.807) is 12.1 Å². The Labute approximate surface area is 194 Å². The van der Waals surface area contributed by atoms with Gasteiger partial charge in [-0.3, -0.25) is 4.79 Å². The zero-order chi connectivity index (χ0) is 24.1. The Bertz CT molecular complexity index is 951. The number of phenolic OH excluding ortho intramolecular Hbond substituents is 1. The van der Waals surface area contributed by atoms with Crippen LogP contribution in [0, 0.1) is 24.2 Å². The standard InChI is InChI=1S/C25H33NO5S/c1-6-7-17(27)11-13-26(23(29)19-9-8-16(2)14-21(19)28)20-15-18(10-12-25(3,4)5)32-22(20)24(30)31/h8-9,14,17-18,27-28H,6-7,11,13,15H2,1-5H3,(H,30,31). The maximum atomic E-state index is 13.4. The van der Waals surface area contributed by atoms with Crippen LogP contribution in [-0.4, -0.2) is 50.0 Å². The number of benzene rings is 1. The highest BCUT2D eigenvalue weighted by atomic mass is 32.2. The lowest BCUT2D eigenvalue weighted by atomic mass is 9.97. The zero-order valence-electron chi connectivity index (χ0n) is 19.4. The summed E-state index contributed by atoms with van der Waals surface area (Å²) in [5, 5.41) is 30.1. The van der Waals surface area contributed by atoms with Crippen molar-refractivity contribution in [3.8, 4) is 17.6 Å². The fraction of sp³-hybridized carbons (Fsp3) is 0.520. The molecule has 1 amide bonds. The van der Waals surface area contributed by atoms with Crippen molar-refractivity contribution in [2.75, 3.05) is 6.54 Å². The number of phenols is 1. The fourth-order valence-corrected chi connectivity index (χ4v) is 4.46. The van der Waals surface area contributed by atoms with Crippen molar-refractivity contribution >= 4 is 23.6 Å². The number of carboxylic acid groups (broad SMARTS) is 1. The third-order valence-electron chi connectivity index (χ3n) is 4.97. The molecular weight excluding hydrogens is 426 g/mol. The number of aromatic hydroxyl groups is 1. The molecule has 1 aliphatic heterocycles. The minimum atomic E-state index is -1.11. The van der Waals surface area contributed by atoms with Crippen LogP contribution < -0.4 is 0 Å². The molecule has 174 valence electrons. The molecule has 2 rings (SSSR count). The van der Waals surface area contributed by atoms with Gasteiger partial charge in [0.15, 0.2) is 0 Å². The second kappa shape index (κ2) is 10.9. The van der Waals surface area contributed by atoms with E-state index < -0.39 is 18.0 Å². The molecule has 0 spiro atoms. The monoisotopic (exact) mass is 459 g/mol. The molecule has 0 saturated carbocycles. The van der Waals surface area contributed by atoms with Gasteiger partial charge >= 0.3 is 5.97 Å². The van der Waals surface area contributed by atoms with Crippen LogP contribution in [0.15, 0.2) is 28.8 Å². The van der Waals surface area contributed by atoms with Crippen molar-refractivity contribution in [3.05, 3.63) is 39.9 Å². The molecule has 0 aliphatic carbocycles. The van der Waals surface area contributed by atoms with Crippen LogP contribution in [0.5, 0.6) is 5.75 Å². The van der Waals surface area contributed by atoms with Crippen LogP contribution in [0.4, 0.5) is 0 Å². The highest BCUT2D eigenvalue weighted by molar-refractivity contribution is 8.05.